The number of hydrogen-bond donors (Lipinski definition) is 2. The zero-order valence-corrected chi connectivity index (χ0v) is 16.3. The molecule has 0 saturated heterocycles. The van der Waals surface area contributed by atoms with Crippen molar-refractivity contribution in [2.75, 3.05) is 16.6 Å². The third-order valence-corrected chi connectivity index (χ3v) is 4.98. The van der Waals surface area contributed by atoms with E-state index in [2.05, 4.69) is 27.2 Å². The number of ether oxygens (including phenoxy) is 1. The lowest BCUT2D eigenvalue weighted by molar-refractivity contribution is -0.114. The van der Waals surface area contributed by atoms with Gasteiger partial charge in [0.25, 0.3) is 10.0 Å². The first-order chi connectivity index (χ1) is 12.9. The number of hydrogen-bond acceptors (Lipinski definition) is 6. The number of carbonyl (C=O) groups is 1. The van der Waals surface area contributed by atoms with Gasteiger partial charge in [-0.2, -0.15) is 0 Å². The van der Waals surface area contributed by atoms with Crippen LogP contribution in [0.5, 0.6) is 5.88 Å². The number of benzene rings is 1. The van der Waals surface area contributed by atoms with Crippen LogP contribution in [-0.2, 0) is 14.8 Å². The minimum absolute atomic E-state index is 0.0506. The molecule has 1 aromatic heterocycles. The summed E-state index contributed by atoms with van der Waals surface area (Å²) in [5.41, 5.74) is 0.515. The number of rotatable bonds is 10. The summed E-state index contributed by atoms with van der Waals surface area (Å²) in [5, 5.41) is 10.3. The molecule has 0 fully saturated rings. The summed E-state index contributed by atoms with van der Waals surface area (Å²) >= 11 is 0. The van der Waals surface area contributed by atoms with Gasteiger partial charge in [-0.3, -0.25) is 9.52 Å². The number of sulfonamides is 1. The van der Waals surface area contributed by atoms with Crippen LogP contribution < -0.4 is 14.8 Å². The Balaban J connectivity index is 1.93. The van der Waals surface area contributed by atoms with Gasteiger partial charge in [0.1, 0.15) is 0 Å². The fourth-order valence-electron chi connectivity index (χ4n) is 2.27. The summed E-state index contributed by atoms with van der Waals surface area (Å²) in [6, 6.07) is 8.89. The van der Waals surface area contributed by atoms with Crippen molar-refractivity contribution < 1.29 is 17.9 Å². The quantitative estimate of drug-likeness (QED) is 0.601. The van der Waals surface area contributed by atoms with Crippen LogP contribution in [0.15, 0.2) is 41.3 Å². The van der Waals surface area contributed by atoms with Crippen molar-refractivity contribution >= 4 is 27.4 Å². The first kappa shape index (κ1) is 20.6. The summed E-state index contributed by atoms with van der Waals surface area (Å²) in [6.07, 6.45) is 4.37. The second-order valence-electron chi connectivity index (χ2n) is 5.98. The van der Waals surface area contributed by atoms with E-state index >= 15 is 0 Å². The average molecular weight is 392 g/mol. The Kier molecular flexibility index (Phi) is 7.54. The van der Waals surface area contributed by atoms with Crippen molar-refractivity contribution in [3.63, 3.8) is 0 Å². The molecule has 0 spiro atoms. The summed E-state index contributed by atoms with van der Waals surface area (Å²) in [5.74, 6) is 0.222. The maximum absolute atomic E-state index is 12.4. The van der Waals surface area contributed by atoms with Crippen LogP contribution in [0, 0.1) is 0 Å². The van der Waals surface area contributed by atoms with Gasteiger partial charge >= 0.3 is 0 Å². The van der Waals surface area contributed by atoms with Crippen LogP contribution in [0.4, 0.5) is 11.5 Å². The first-order valence-corrected chi connectivity index (χ1v) is 10.3. The molecule has 146 valence electrons. The Morgan fingerprint density at radius 3 is 2.37 bits per heavy atom. The van der Waals surface area contributed by atoms with E-state index in [1.807, 2.05) is 0 Å². The predicted octanol–water partition coefficient (Wildman–Crippen LogP) is 3.19. The fourth-order valence-corrected chi connectivity index (χ4v) is 3.27. The van der Waals surface area contributed by atoms with Crippen molar-refractivity contribution in [3.8, 4) is 5.88 Å². The van der Waals surface area contributed by atoms with Gasteiger partial charge in [-0.15, -0.1) is 10.2 Å². The number of nitrogens with one attached hydrogen (secondary N) is 2. The molecule has 2 aromatic rings. The molecule has 0 bridgehead atoms. The molecular formula is C18H24N4O4S. The molecule has 9 heteroatoms. The molecule has 2 rings (SSSR count). The normalized spacial score (nSPS) is 11.0. The minimum Gasteiger partial charge on any atom is -0.477 e. The lowest BCUT2D eigenvalue weighted by Crippen LogP contribution is -2.14. The van der Waals surface area contributed by atoms with Gasteiger partial charge < -0.3 is 10.1 Å². The second-order valence-corrected chi connectivity index (χ2v) is 7.66. The van der Waals surface area contributed by atoms with Crippen LogP contribution in [0.3, 0.4) is 0 Å². The van der Waals surface area contributed by atoms with Crippen LogP contribution in [0.25, 0.3) is 0 Å². The maximum atomic E-state index is 12.4. The highest BCUT2D eigenvalue weighted by Gasteiger charge is 2.15. The van der Waals surface area contributed by atoms with Gasteiger partial charge in [-0.1, -0.05) is 26.2 Å². The second kappa shape index (κ2) is 9.86. The first-order valence-electron chi connectivity index (χ1n) is 8.77. The van der Waals surface area contributed by atoms with E-state index in [0.717, 1.165) is 19.3 Å². The van der Waals surface area contributed by atoms with Crippen LogP contribution in [0.2, 0.25) is 0 Å². The van der Waals surface area contributed by atoms with Crippen molar-refractivity contribution in [1.29, 1.82) is 0 Å². The minimum atomic E-state index is -3.80. The van der Waals surface area contributed by atoms with Crippen LogP contribution in [-0.4, -0.2) is 31.1 Å². The van der Waals surface area contributed by atoms with E-state index in [1.54, 1.807) is 6.07 Å². The van der Waals surface area contributed by atoms with Crippen LogP contribution in [0.1, 0.15) is 39.5 Å². The highest BCUT2D eigenvalue weighted by atomic mass is 32.2. The van der Waals surface area contributed by atoms with Gasteiger partial charge in [0.05, 0.1) is 11.5 Å². The topological polar surface area (TPSA) is 110 Å². The number of amides is 1. The largest absolute Gasteiger partial charge is 0.477 e. The van der Waals surface area contributed by atoms with Gasteiger partial charge in [0.2, 0.25) is 11.8 Å². The lowest BCUT2D eigenvalue weighted by atomic mass is 10.2. The van der Waals surface area contributed by atoms with E-state index < -0.39 is 10.0 Å². The highest BCUT2D eigenvalue weighted by molar-refractivity contribution is 7.92. The third-order valence-electron chi connectivity index (χ3n) is 3.61. The zero-order chi connectivity index (χ0) is 19.7. The molecule has 2 N–H and O–H groups in total. The predicted molar refractivity (Wildman–Crippen MR) is 103 cm³/mol. The number of aromatic nitrogens is 2. The van der Waals surface area contributed by atoms with Gasteiger partial charge in [-0.25, -0.2) is 8.42 Å². The molecule has 1 heterocycles. The van der Waals surface area contributed by atoms with Gasteiger partial charge in [0.15, 0.2) is 5.82 Å². The highest BCUT2D eigenvalue weighted by Crippen LogP contribution is 2.18. The fraction of sp³-hybridized carbons (Fsp3) is 0.389. The smallest absolute Gasteiger partial charge is 0.263 e. The van der Waals surface area contributed by atoms with E-state index in [-0.39, 0.29) is 16.6 Å². The molecular weight excluding hydrogens is 368 g/mol. The SMILES string of the molecule is CCCCCCOc1ccc(NS(=O)(=O)c2ccc(NC(C)=O)cc2)nn1. The maximum Gasteiger partial charge on any atom is 0.263 e. The molecule has 27 heavy (non-hydrogen) atoms. The Labute approximate surface area is 159 Å². The van der Waals surface area contributed by atoms with E-state index in [0.29, 0.717) is 18.2 Å². The Morgan fingerprint density at radius 2 is 1.78 bits per heavy atom. The zero-order valence-electron chi connectivity index (χ0n) is 15.4. The molecule has 0 aliphatic heterocycles. The molecule has 1 aromatic carbocycles. The summed E-state index contributed by atoms with van der Waals surface area (Å²) < 4.78 is 32.6. The molecule has 1 amide bonds. The monoisotopic (exact) mass is 392 g/mol. The molecule has 0 saturated carbocycles. The van der Waals surface area contributed by atoms with Crippen LogP contribution >= 0.6 is 0 Å². The molecule has 0 aliphatic rings. The molecule has 0 unspecified atom stereocenters. The Bertz CT molecular complexity index is 837. The number of anilines is 2. The standard InChI is InChI=1S/C18H24N4O4S/c1-3-4-5-6-13-26-18-12-11-17(20-21-18)22-27(24,25)16-9-7-15(8-10-16)19-14(2)23/h7-12H,3-6,13H2,1-2H3,(H,19,23)(H,20,22). The Morgan fingerprint density at radius 1 is 1.04 bits per heavy atom. The third kappa shape index (κ3) is 6.86. The van der Waals surface area contributed by atoms with E-state index in [4.69, 9.17) is 4.74 Å². The van der Waals surface area contributed by atoms with Crippen molar-refractivity contribution in [1.82, 2.24) is 10.2 Å². The van der Waals surface area contributed by atoms with Crippen molar-refractivity contribution in [2.45, 2.75) is 44.4 Å². The van der Waals surface area contributed by atoms with Crippen molar-refractivity contribution in [3.05, 3.63) is 36.4 Å². The van der Waals surface area contributed by atoms with E-state index in [1.165, 1.54) is 43.7 Å². The van der Waals surface area contributed by atoms with Crippen molar-refractivity contribution in [2.24, 2.45) is 0 Å². The van der Waals surface area contributed by atoms with E-state index in [9.17, 15) is 13.2 Å². The summed E-state index contributed by atoms with van der Waals surface area (Å²) in [7, 11) is -3.80. The number of carbonyl (C=O) groups excluding carboxylic acids is 1. The lowest BCUT2D eigenvalue weighted by Gasteiger charge is -2.09. The number of nitrogens with zero attached hydrogens (tertiary/aromatic N) is 2. The number of unbranched alkanes of at least 4 members (excludes halogenated alkanes) is 3. The molecule has 0 aliphatic carbocycles. The Hall–Kier alpha value is -2.68. The molecule has 0 radical (unpaired) electrons. The van der Waals surface area contributed by atoms with Gasteiger partial charge in [-0.05, 0) is 36.8 Å². The summed E-state index contributed by atoms with van der Waals surface area (Å²) in [4.78, 5) is 11.1. The molecule has 8 nitrogen and oxygen atoms in total. The van der Waals surface area contributed by atoms with Gasteiger partial charge in [0, 0.05) is 18.7 Å². The average Bonchev–Trinajstić information content (AvgIpc) is 2.62. The summed E-state index contributed by atoms with van der Waals surface area (Å²) in [6.45, 7) is 4.08. The molecule has 0 atom stereocenters.